The predicted octanol–water partition coefficient (Wildman–Crippen LogP) is 5.56. The maximum absolute atomic E-state index is 6.15. The standard InChI is InChI=1S/C9H2BrCl3IN/c10-4-1-3-6(11)5(14)2-15-9(3)8(13)7(4)12/h1-2H. The second-order valence-corrected chi connectivity index (χ2v) is 5.95. The fourth-order valence-electron chi connectivity index (χ4n) is 1.19. The molecule has 0 spiro atoms. The molecule has 6 heteroatoms. The van der Waals surface area contributed by atoms with Crippen molar-refractivity contribution in [1.82, 2.24) is 4.98 Å². The van der Waals surface area contributed by atoms with E-state index in [1.165, 1.54) is 0 Å². The molecule has 1 heterocycles. The van der Waals surface area contributed by atoms with Crippen LogP contribution in [0.15, 0.2) is 16.7 Å². The zero-order valence-corrected chi connectivity index (χ0v) is 13.0. The largest absolute Gasteiger partial charge is 0.253 e. The second-order valence-electron chi connectivity index (χ2n) is 2.80. The minimum atomic E-state index is 0.416. The molecule has 15 heavy (non-hydrogen) atoms. The number of benzene rings is 1. The topological polar surface area (TPSA) is 12.9 Å². The molecule has 0 aliphatic carbocycles. The van der Waals surface area contributed by atoms with E-state index in [-0.39, 0.29) is 0 Å². The summed E-state index contributed by atoms with van der Waals surface area (Å²) in [6, 6.07) is 1.82. The Morgan fingerprint density at radius 2 is 1.80 bits per heavy atom. The van der Waals surface area contributed by atoms with E-state index in [4.69, 9.17) is 34.8 Å². The lowest BCUT2D eigenvalue weighted by molar-refractivity contribution is 1.38. The summed E-state index contributed by atoms with van der Waals surface area (Å²) < 4.78 is 1.60. The van der Waals surface area contributed by atoms with Crippen LogP contribution in [0.4, 0.5) is 0 Å². The first-order valence-electron chi connectivity index (χ1n) is 3.79. The highest BCUT2D eigenvalue weighted by molar-refractivity contribution is 14.1. The first-order valence-corrected chi connectivity index (χ1v) is 6.80. The molecule has 0 aliphatic rings. The molecule has 0 atom stereocenters. The average Bonchev–Trinajstić information content (AvgIpc) is 2.21. The predicted molar refractivity (Wildman–Crippen MR) is 77.2 cm³/mol. The average molecular weight is 437 g/mol. The summed E-state index contributed by atoms with van der Waals surface area (Å²) in [5.41, 5.74) is 0.621. The van der Waals surface area contributed by atoms with Crippen LogP contribution in [-0.2, 0) is 0 Å². The molecule has 0 amide bonds. The third-order valence-corrected chi connectivity index (χ3v) is 5.14. The molecule has 1 nitrogen and oxygen atoms in total. The van der Waals surface area contributed by atoms with E-state index in [0.29, 0.717) is 25.1 Å². The van der Waals surface area contributed by atoms with Gasteiger partial charge in [-0.05, 0) is 44.6 Å². The van der Waals surface area contributed by atoms with Crippen molar-refractivity contribution in [3.8, 4) is 0 Å². The Balaban J connectivity index is 2.98. The molecular formula is C9H2BrCl3IN. The van der Waals surface area contributed by atoms with Gasteiger partial charge in [0, 0.05) is 16.1 Å². The van der Waals surface area contributed by atoms with Crippen molar-refractivity contribution in [2.75, 3.05) is 0 Å². The van der Waals surface area contributed by atoms with Gasteiger partial charge in [0.15, 0.2) is 0 Å². The minimum Gasteiger partial charge on any atom is -0.253 e. The summed E-state index contributed by atoms with van der Waals surface area (Å²) in [6.07, 6.45) is 1.67. The molecular weight excluding hydrogens is 435 g/mol. The van der Waals surface area contributed by atoms with Gasteiger partial charge in [-0.25, -0.2) is 0 Å². The summed E-state index contributed by atoms with van der Waals surface area (Å²) in [7, 11) is 0. The summed E-state index contributed by atoms with van der Waals surface area (Å²) in [5, 5.41) is 2.30. The molecule has 0 fully saturated rings. The van der Waals surface area contributed by atoms with Crippen LogP contribution in [0.1, 0.15) is 0 Å². The highest BCUT2D eigenvalue weighted by Crippen LogP contribution is 2.39. The molecule has 2 rings (SSSR count). The highest BCUT2D eigenvalue weighted by Gasteiger charge is 2.13. The van der Waals surface area contributed by atoms with Gasteiger partial charge in [-0.1, -0.05) is 34.8 Å². The van der Waals surface area contributed by atoms with Crippen molar-refractivity contribution in [3.63, 3.8) is 0 Å². The van der Waals surface area contributed by atoms with Crippen molar-refractivity contribution in [2.24, 2.45) is 0 Å². The zero-order valence-electron chi connectivity index (χ0n) is 6.99. The highest BCUT2D eigenvalue weighted by atomic mass is 127. The lowest BCUT2D eigenvalue weighted by atomic mass is 10.2. The Hall–Kier alpha value is 0.710. The number of hydrogen-bond donors (Lipinski definition) is 0. The number of aromatic nitrogens is 1. The van der Waals surface area contributed by atoms with E-state index >= 15 is 0 Å². The van der Waals surface area contributed by atoms with Crippen LogP contribution in [0, 0.1) is 3.57 Å². The third kappa shape index (κ3) is 2.09. The Morgan fingerprint density at radius 3 is 2.47 bits per heavy atom. The monoisotopic (exact) mass is 435 g/mol. The molecule has 78 valence electrons. The van der Waals surface area contributed by atoms with Crippen molar-refractivity contribution in [2.45, 2.75) is 0 Å². The van der Waals surface area contributed by atoms with E-state index in [1.54, 1.807) is 6.20 Å². The van der Waals surface area contributed by atoms with Crippen LogP contribution >= 0.6 is 73.3 Å². The van der Waals surface area contributed by atoms with Crippen LogP contribution in [-0.4, -0.2) is 4.98 Å². The van der Waals surface area contributed by atoms with Crippen LogP contribution in [0.5, 0.6) is 0 Å². The lowest BCUT2D eigenvalue weighted by Gasteiger charge is -2.06. The number of halogens is 5. The van der Waals surface area contributed by atoms with Crippen molar-refractivity contribution in [1.29, 1.82) is 0 Å². The van der Waals surface area contributed by atoms with E-state index in [9.17, 15) is 0 Å². The summed E-state index contributed by atoms with van der Waals surface area (Å²) in [4.78, 5) is 4.21. The molecule has 0 aliphatic heterocycles. The van der Waals surface area contributed by atoms with Crippen molar-refractivity contribution < 1.29 is 0 Å². The van der Waals surface area contributed by atoms with Crippen molar-refractivity contribution >= 4 is 84.2 Å². The van der Waals surface area contributed by atoms with Crippen LogP contribution in [0.3, 0.4) is 0 Å². The van der Waals surface area contributed by atoms with Gasteiger partial charge < -0.3 is 0 Å². The smallest absolute Gasteiger partial charge is 0.0919 e. The van der Waals surface area contributed by atoms with Crippen LogP contribution in [0.2, 0.25) is 15.1 Å². The third-order valence-electron chi connectivity index (χ3n) is 1.89. The number of nitrogens with zero attached hydrogens (tertiary/aromatic N) is 1. The van der Waals surface area contributed by atoms with Gasteiger partial charge in [0.2, 0.25) is 0 Å². The Bertz CT molecular complexity index is 559. The zero-order chi connectivity index (χ0) is 11.2. The molecule has 0 saturated heterocycles. The van der Waals surface area contributed by atoms with Crippen LogP contribution < -0.4 is 0 Å². The molecule has 0 radical (unpaired) electrons. The Labute approximate surface area is 123 Å². The van der Waals surface area contributed by atoms with E-state index < -0.39 is 0 Å². The molecule has 0 bridgehead atoms. The Morgan fingerprint density at radius 1 is 1.13 bits per heavy atom. The summed E-state index contributed by atoms with van der Waals surface area (Å²) in [6.45, 7) is 0. The SMILES string of the molecule is Clc1c(Br)cc2c(Cl)c(I)cnc2c1Cl. The van der Waals surface area contributed by atoms with E-state index in [0.717, 1.165) is 8.96 Å². The molecule has 0 saturated carbocycles. The fourth-order valence-corrected chi connectivity index (χ4v) is 2.75. The lowest BCUT2D eigenvalue weighted by Crippen LogP contribution is -1.86. The van der Waals surface area contributed by atoms with Gasteiger partial charge >= 0.3 is 0 Å². The van der Waals surface area contributed by atoms with Gasteiger partial charge in [0.1, 0.15) is 0 Å². The van der Waals surface area contributed by atoms with E-state index in [1.807, 2.05) is 6.07 Å². The minimum absolute atomic E-state index is 0.416. The Kier molecular flexibility index (Phi) is 3.68. The molecule has 2 aromatic rings. The van der Waals surface area contributed by atoms with Gasteiger partial charge in [0.05, 0.1) is 24.2 Å². The normalized spacial score (nSPS) is 11.0. The first-order chi connectivity index (χ1) is 7.02. The van der Waals surface area contributed by atoms with Gasteiger partial charge in [-0.2, -0.15) is 0 Å². The maximum atomic E-state index is 6.15. The fraction of sp³-hybridized carbons (Fsp3) is 0. The quantitative estimate of drug-likeness (QED) is 0.389. The summed E-state index contributed by atoms with van der Waals surface area (Å²) in [5.74, 6) is 0. The van der Waals surface area contributed by atoms with Crippen molar-refractivity contribution in [3.05, 3.63) is 35.4 Å². The molecule has 1 aromatic heterocycles. The number of hydrogen-bond acceptors (Lipinski definition) is 1. The number of fused-ring (bicyclic) bond motifs is 1. The first kappa shape index (κ1) is 12.2. The molecule has 1 aromatic carbocycles. The van der Waals surface area contributed by atoms with Crippen LogP contribution in [0.25, 0.3) is 10.9 Å². The maximum Gasteiger partial charge on any atom is 0.0919 e. The molecule has 0 N–H and O–H groups in total. The molecule has 0 unspecified atom stereocenters. The summed E-state index contributed by atoms with van der Waals surface area (Å²) >= 11 is 23.6. The van der Waals surface area contributed by atoms with Gasteiger partial charge in [-0.15, -0.1) is 0 Å². The number of rotatable bonds is 0. The van der Waals surface area contributed by atoms with Gasteiger partial charge in [0.25, 0.3) is 0 Å². The van der Waals surface area contributed by atoms with E-state index in [2.05, 4.69) is 43.5 Å². The number of pyridine rings is 1. The van der Waals surface area contributed by atoms with Gasteiger partial charge in [-0.3, -0.25) is 4.98 Å². The second kappa shape index (κ2) is 4.53.